The Labute approximate surface area is 126 Å². The monoisotopic (exact) mass is 307 g/mol. The average molecular weight is 307 g/mol. The number of nitrogens with one attached hydrogen (secondary N) is 1. The smallest absolute Gasteiger partial charge is 0.234 e. The molecule has 0 atom stereocenters. The van der Waals surface area contributed by atoms with E-state index in [0.717, 1.165) is 25.7 Å². The number of hydrogen-bond acceptors (Lipinski definition) is 4. The van der Waals surface area contributed by atoms with Crippen molar-refractivity contribution in [2.75, 3.05) is 17.0 Å². The second-order valence-electron chi connectivity index (χ2n) is 5.30. The van der Waals surface area contributed by atoms with Crippen molar-refractivity contribution in [2.24, 2.45) is 11.7 Å². The van der Waals surface area contributed by atoms with Crippen LogP contribution in [0.25, 0.3) is 0 Å². The van der Waals surface area contributed by atoms with Gasteiger partial charge in [0.05, 0.1) is 12.3 Å². The topological polar surface area (TPSA) is 85.1 Å². The highest BCUT2D eigenvalue weighted by Gasteiger charge is 2.21. The first-order valence-corrected chi connectivity index (χ1v) is 8.91. The molecule has 1 saturated carbocycles. The average Bonchev–Trinajstić information content (AvgIpc) is 2.45. The van der Waals surface area contributed by atoms with Gasteiger partial charge in [-0.25, -0.2) is 13.4 Å². The summed E-state index contributed by atoms with van der Waals surface area (Å²) >= 11 is 0. The molecular weight excluding hydrogens is 286 g/mol. The Morgan fingerprint density at radius 2 is 2.05 bits per heavy atom. The number of nitrogens with zero attached hydrogens (tertiary/aromatic N) is 1. The summed E-state index contributed by atoms with van der Waals surface area (Å²) in [6.45, 7) is 0.249. The summed E-state index contributed by atoms with van der Waals surface area (Å²) < 4.78 is 26.9. The molecule has 5 nitrogen and oxygen atoms in total. The van der Waals surface area contributed by atoms with Gasteiger partial charge in [-0.2, -0.15) is 0 Å². The third-order valence-corrected chi connectivity index (χ3v) is 4.94. The molecule has 6 heteroatoms. The van der Waals surface area contributed by atoms with Crippen LogP contribution in [-0.4, -0.2) is 25.7 Å². The van der Waals surface area contributed by atoms with E-state index in [4.69, 9.17) is 5.73 Å². The van der Waals surface area contributed by atoms with Crippen LogP contribution in [0.3, 0.4) is 0 Å². The molecule has 1 aromatic heterocycles. The molecule has 1 aliphatic carbocycles. The first-order chi connectivity index (χ1) is 10.1. The molecule has 0 unspecified atom stereocenters. The maximum Gasteiger partial charge on any atom is 0.234 e. The number of aromatic nitrogens is 1. The van der Waals surface area contributed by atoms with Crippen LogP contribution in [0.4, 0.5) is 5.82 Å². The van der Waals surface area contributed by atoms with Crippen LogP contribution in [-0.2, 0) is 10.0 Å². The fourth-order valence-corrected chi connectivity index (χ4v) is 4.04. The number of rotatable bonds is 4. The van der Waals surface area contributed by atoms with E-state index in [2.05, 4.69) is 21.5 Å². The normalized spacial score (nSPS) is 16.0. The summed E-state index contributed by atoms with van der Waals surface area (Å²) in [7, 11) is -3.36. The SMILES string of the molecule is NCC#Cc1cccc(NS(=O)(=O)CC2CCCCC2)n1. The maximum atomic E-state index is 12.2. The number of nitrogens with two attached hydrogens (primary N) is 1. The van der Waals surface area contributed by atoms with Crippen molar-refractivity contribution in [2.45, 2.75) is 32.1 Å². The summed E-state index contributed by atoms with van der Waals surface area (Å²) in [4.78, 5) is 4.17. The molecule has 0 spiro atoms. The lowest BCUT2D eigenvalue weighted by Gasteiger charge is -2.21. The Bertz CT molecular complexity index is 626. The highest BCUT2D eigenvalue weighted by atomic mass is 32.2. The van der Waals surface area contributed by atoms with E-state index in [1.54, 1.807) is 18.2 Å². The van der Waals surface area contributed by atoms with E-state index in [9.17, 15) is 8.42 Å². The van der Waals surface area contributed by atoms with E-state index in [-0.39, 0.29) is 18.2 Å². The van der Waals surface area contributed by atoms with Crippen LogP contribution in [0, 0.1) is 17.8 Å². The lowest BCUT2D eigenvalue weighted by Crippen LogP contribution is -2.24. The fourth-order valence-electron chi connectivity index (χ4n) is 2.57. The van der Waals surface area contributed by atoms with E-state index < -0.39 is 10.0 Å². The molecule has 1 heterocycles. The van der Waals surface area contributed by atoms with Gasteiger partial charge in [-0.3, -0.25) is 4.72 Å². The van der Waals surface area contributed by atoms with Crippen molar-refractivity contribution in [1.82, 2.24) is 4.98 Å². The van der Waals surface area contributed by atoms with Gasteiger partial charge in [0.15, 0.2) is 0 Å². The molecule has 21 heavy (non-hydrogen) atoms. The number of hydrogen-bond donors (Lipinski definition) is 2. The van der Waals surface area contributed by atoms with Crippen molar-refractivity contribution < 1.29 is 8.42 Å². The summed E-state index contributed by atoms with van der Waals surface area (Å²) in [5.41, 5.74) is 5.82. The zero-order valence-electron chi connectivity index (χ0n) is 12.0. The molecule has 1 aromatic rings. The van der Waals surface area contributed by atoms with Crippen LogP contribution in [0.1, 0.15) is 37.8 Å². The minimum absolute atomic E-state index is 0.174. The Balaban J connectivity index is 2.02. The van der Waals surface area contributed by atoms with Gasteiger partial charge in [-0.15, -0.1) is 0 Å². The second-order valence-corrected chi connectivity index (χ2v) is 7.07. The highest BCUT2D eigenvalue weighted by molar-refractivity contribution is 7.92. The Morgan fingerprint density at radius 3 is 2.76 bits per heavy atom. The summed E-state index contributed by atoms with van der Waals surface area (Å²) in [6.07, 6.45) is 5.46. The van der Waals surface area contributed by atoms with Gasteiger partial charge in [0.2, 0.25) is 10.0 Å². The lowest BCUT2D eigenvalue weighted by molar-refractivity contribution is 0.385. The van der Waals surface area contributed by atoms with Crippen molar-refractivity contribution >= 4 is 15.8 Å². The second kappa shape index (κ2) is 7.43. The highest BCUT2D eigenvalue weighted by Crippen LogP contribution is 2.25. The summed E-state index contributed by atoms with van der Waals surface area (Å²) in [5.74, 6) is 6.24. The van der Waals surface area contributed by atoms with E-state index >= 15 is 0 Å². The molecule has 3 N–H and O–H groups in total. The number of sulfonamides is 1. The van der Waals surface area contributed by atoms with Crippen LogP contribution < -0.4 is 10.5 Å². The summed E-state index contributed by atoms with van der Waals surface area (Å²) in [5, 5.41) is 0. The largest absolute Gasteiger partial charge is 0.320 e. The maximum absolute atomic E-state index is 12.2. The standard InChI is InChI=1S/C15H21N3O2S/c16-11-5-9-14-8-4-10-15(17-14)18-21(19,20)12-13-6-2-1-3-7-13/h4,8,10,13H,1-3,6-7,11-12,16H2,(H,17,18). The molecule has 1 fully saturated rings. The van der Waals surface area contributed by atoms with E-state index in [1.165, 1.54) is 6.42 Å². The Hall–Kier alpha value is -1.58. The van der Waals surface area contributed by atoms with Gasteiger partial charge in [0.1, 0.15) is 11.5 Å². The number of pyridine rings is 1. The van der Waals surface area contributed by atoms with Crippen LogP contribution >= 0.6 is 0 Å². The van der Waals surface area contributed by atoms with Gasteiger partial charge < -0.3 is 5.73 Å². The molecule has 0 amide bonds. The predicted molar refractivity (Wildman–Crippen MR) is 84.2 cm³/mol. The van der Waals surface area contributed by atoms with Gasteiger partial charge in [0, 0.05) is 0 Å². The minimum atomic E-state index is -3.36. The zero-order chi connectivity index (χ0) is 15.1. The molecule has 0 radical (unpaired) electrons. The first kappa shape index (κ1) is 15.8. The molecule has 2 rings (SSSR count). The van der Waals surface area contributed by atoms with Crippen molar-refractivity contribution in [1.29, 1.82) is 0 Å². The predicted octanol–water partition coefficient (Wildman–Crippen LogP) is 1.71. The molecule has 1 aliphatic rings. The quantitative estimate of drug-likeness (QED) is 0.829. The molecule has 0 saturated heterocycles. The Morgan fingerprint density at radius 1 is 1.29 bits per heavy atom. The molecule has 114 valence electrons. The van der Waals surface area contributed by atoms with Gasteiger partial charge in [0.25, 0.3) is 0 Å². The van der Waals surface area contributed by atoms with Gasteiger partial charge >= 0.3 is 0 Å². The third-order valence-electron chi connectivity index (χ3n) is 3.51. The van der Waals surface area contributed by atoms with Gasteiger partial charge in [-0.05, 0) is 36.8 Å². The zero-order valence-corrected chi connectivity index (χ0v) is 12.8. The lowest BCUT2D eigenvalue weighted by atomic mass is 9.91. The van der Waals surface area contributed by atoms with Crippen LogP contribution in [0.5, 0.6) is 0 Å². The van der Waals surface area contributed by atoms with E-state index in [1.807, 2.05) is 0 Å². The molecule has 0 aromatic carbocycles. The summed E-state index contributed by atoms with van der Waals surface area (Å²) in [6, 6.07) is 5.08. The van der Waals surface area contributed by atoms with Crippen molar-refractivity contribution in [3.05, 3.63) is 23.9 Å². The Kier molecular flexibility index (Phi) is 5.59. The van der Waals surface area contributed by atoms with Crippen LogP contribution in [0.15, 0.2) is 18.2 Å². The number of anilines is 1. The van der Waals surface area contributed by atoms with E-state index in [0.29, 0.717) is 11.5 Å². The fraction of sp³-hybridized carbons (Fsp3) is 0.533. The third kappa shape index (κ3) is 5.37. The van der Waals surface area contributed by atoms with Crippen LogP contribution in [0.2, 0.25) is 0 Å². The minimum Gasteiger partial charge on any atom is -0.320 e. The first-order valence-electron chi connectivity index (χ1n) is 7.25. The van der Waals surface area contributed by atoms with Gasteiger partial charge in [-0.1, -0.05) is 31.2 Å². The molecule has 0 aliphatic heterocycles. The molecule has 0 bridgehead atoms. The molecular formula is C15H21N3O2S. The van der Waals surface area contributed by atoms with Crippen molar-refractivity contribution in [3.8, 4) is 11.8 Å². The van der Waals surface area contributed by atoms with Crippen molar-refractivity contribution in [3.63, 3.8) is 0 Å².